The molecule has 3 aromatic rings. The van der Waals surface area contributed by atoms with E-state index in [0.29, 0.717) is 23.6 Å². The molecule has 0 aliphatic heterocycles. The van der Waals surface area contributed by atoms with Crippen LogP contribution in [-0.2, 0) is 19.3 Å². The normalized spacial score (nSPS) is 14.4. The van der Waals surface area contributed by atoms with Crippen LogP contribution >= 0.6 is 12.2 Å². The molecule has 0 saturated heterocycles. The molecule has 192 valence electrons. The van der Waals surface area contributed by atoms with Crippen LogP contribution in [-0.4, -0.2) is 28.1 Å². The number of fused-ring (bicyclic) bond motifs is 1. The standard InChI is InChI=1S/C28H33F3N4S/c1-3-34(16-20-8-4-5-9-20)26-23(15-22-10-6-7-11-25(22)33-26)18-35(27(32)36)17-21-12-19(2)13-24(14-21)28(29,30)31/h6-7,10-15,20H,3-5,8-9,16-18H2,1-2H3,(H2,32,36). The summed E-state index contributed by atoms with van der Waals surface area (Å²) in [6.45, 7) is 6.09. The summed E-state index contributed by atoms with van der Waals surface area (Å²) in [6, 6.07) is 14.2. The lowest BCUT2D eigenvalue weighted by molar-refractivity contribution is -0.137. The van der Waals surface area contributed by atoms with Crippen molar-refractivity contribution < 1.29 is 13.2 Å². The van der Waals surface area contributed by atoms with Crippen LogP contribution in [0.5, 0.6) is 0 Å². The summed E-state index contributed by atoms with van der Waals surface area (Å²) < 4.78 is 40.2. The highest BCUT2D eigenvalue weighted by atomic mass is 32.1. The van der Waals surface area contributed by atoms with Gasteiger partial charge < -0.3 is 15.5 Å². The predicted octanol–water partition coefficient (Wildman–Crippen LogP) is 6.82. The number of aromatic nitrogens is 1. The number of rotatable bonds is 8. The molecule has 0 radical (unpaired) electrons. The number of anilines is 1. The molecule has 4 rings (SSSR count). The van der Waals surface area contributed by atoms with Gasteiger partial charge in [0.2, 0.25) is 0 Å². The quantitative estimate of drug-likeness (QED) is 0.334. The molecule has 1 heterocycles. The van der Waals surface area contributed by atoms with Crippen LogP contribution in [0.4, 0.5) is 19.0 Å². The molecule has 2 aromatic carbocycles. The zero-order chi connectivity index (χ0) is 25.9. The van der Waals surface area contributed by atoms with Gasteiger partial charge in [-0.1, -0.05) is 42.7 Å². The van der Waals surface area contributed by atoms with Gasteiger partial charge in [0, 0.05) is 37.1 Å². The highest BCUT2D eigenvalue weighted by molar-refractivity contribution is 7.80. The van der Waals surface area contributed by atoms with E-state index in [1.807, 2.05) is 24.3 Å². The maximum absolute atomic E-state index is 13.4. The third-order valence-corrected chi connectivity index (χ3v) is 7.18. The molecule has 36 heavy (non-hydrogen) atoms. The number of thiocarbonyl (C=S) groups is 1. The first-order chi connectivity index (χ1) is 17.1. The first kappa shape index (κ1) is 26.2. The topological polar surface area (TPSA) is 45.4 Å². The number of alkyl halides is 3. The second-order valence-electron chi connectivity index (χ2n) is 9.75. The molecule has 0 bridgehead atoms. The van der Waals surface area contributed by atoms with Gasteiger partial charge >= 0.3 is 6.18 Å². The minimum atomic E-state index is -4.41. The fourth-order valence-electron chi connectivity index (χ4n) is 5.16. The largest absolute Gasteiger partial charge is 0.416 e. The van der Waals surface area contributed by atoms with Gasteiger partial charge in [0.15, 0.2) is 5.11 Å². The summed E-state index contributed by atoms with van der Waals surface area (Å²) in [5, 5.41) is 1.15. The molecule has 0 atom stereocenters. The first-order valence-corrected chi connectivity index (χ1v) is 12.9. The summed E-state index contributed by atoms with van der Waals surface area (Å²) in [7, 11) is 0. The Bertz CT molecular complexity index is 1220. The number of para-hydroxylation sites is 1. The van der Waals surface area contributed by atoms with Crippen molar-refractivity contribution in [3.63, 3.8) is 0 Å². The molecule has 0 amide bonds. The Morgan fingerprint density at radius 1 is 1.08 bits per heavy atom. The number of hydrogen-bond acceptors (Lipinski definition) is 3. The first-order valence-electron chi connectivity index (χ1n) is 12.5. The maximum atomic E-state index is 13.4. The maximum Gasteiger partial charge on any atom is 0.416 e. The van der Waals surface area contributed by atoms with Gasteiger partial charge in [0.25, 0.3) is 0 Å². The molecular formula is C28H33F3N4S. The second kappa shape index (κ2) is 11.0. The average Bonchev–Trinajstić information content (AvgIpc) is 3.34. The molecule has 4 nitrogen and oxygen atoms in total. The molecule has 0 spiro atoms. The molecule has 0 unspecified atom stereocenters. The van der Waals surface area contributed by atoms with Crippen molar-refractivity contribution in [3.8, 4) is 0 Å². The summed E-state index contributed by atoms with van der Waals surface area (Å²) in [4.78, 5) is 9.11. The number of nitrogens with two attached hydrogens (primary N) is 1. The highest BCUT2D eigenvalue weighted by Gasteiger charge is 2.31. The van der Waals surface area contributed by atoms with Crippen molar-refractivity contribution in [2.24, 2.45) is 11.7 Å². The van der Waals surface area contributed by atoms with E-state index in [1.165, 1.54) is 31.7 Å². The Morgan fingerprint density at radius 3 is 2.47 bits per heavy atom. The molecule has 1 aliphatic rings. The van der Waals surface area contributed by atoms with Crippen LogP contribution in [0.1, 0.15) is 54.9 Å². The Kier molecular flexibility index (Phi) is 8.03. The van der Waals surface area contributed by atoms with Crippen molar-refractivity contribution in [2.45, 2.75) is 58.8 Å². The van der Waals surface area contributed by atoms with Gasteiger partial charge in [0.05, 0.1) is 11.1 Å². The molecule has 1 aromatic heterocycles. The van der Waals surface area contributed by atoms with E-state index >= 15 is 0 Å². The van der Waals surface area contributed by atoms with Crippen molar-refractivity contribution in [1.82, 2.24) is 9.88 Å². The monoisotopic (exact) mass is 514 g/mol. The van der Waals surface area contributed by atoms with Crippen molar-refractivity contribution in [2.75, 3.05) is 18.0 Å². The fraction of sp³-hybridized carbons (Fsp3) is 0.429. The van der Waals surface area contributed by atoms with Gasteiger partial charge in [0.1, 0.15) is 5.82 Å². The number of benzene rings is 2. The summed E-state index contributed by atoms with van der Waals surface area (Å²) in [5.74, 6) is 1.54. The lowest BCUT2D eigenvalue weighted by Crippen LogP contribution is -2.36. The number of pyridine rings is 1. The summed E-state index contributed by atoms with van der Waals surface area (Å²) in [6.07, 6.45) is 0.588. The Hall–Kier alpha value is -2.87. The summed E-state index contributed by atoms with van der Waals surface area (Å²) >= 11 is 5.35. The fourth-order valence-corrected chi connectivity index (χ4v) is 5.29. The van der Waals surface area contributed by atoms with Gasteiger partial charge in [-0.05, 0) is 74.7 Å². The number of aryl methyl sites for hydroxylation is 1. The number of hydrogen-bond donors (Lipinski definition) is 1. The molecule has 8 heteroatoms. The lowest BCUT2D eigenvalue weighted by atomic mass is 10.0. The number of nitrogens with zero attached hydrogens (tertiary/aromatic N) is 3. The summed E-state index contributed by atoms with van der Waals surface area (Å²) in [5.41, 5.74) is 8.37. The van der Waals surface area contributed by atoms with Crippen molar-refractivity contribution in [1.29, 1.82) is 0 Å². The lowest BCUT2D eigenvalue weighted by Gasteiger charge is -2.30. The van der Waals surface area contributed by atoms with E-state index < -0.39 is 11.7 Å². The highest BCUT2D eigenvalue weighted by Crippen LogP contribution is 2.32. The third-order valence-electron chi connectivity index (χ3n) is 6.93. The van der Waals surface area contributed by atoms with Gasteiger partial charge in [-0.25, -0.2) is 4.98 Å². The molecule has 1 fully saturated rings. The third kappa shape index (κ3) is 6.27. The van der Waals surface area contributed by atoms with Crippen LogP contribution < -0.4 is 10.6 Å². The van der Waals surface area contributed by atoms with Gasteiger partial charge in [-0.3, -0.25) is 0 Å². The molecular weight excluding hydrogens is 481 g/mol. The van der Waals surface area contributed by atoms with E-state index in [2.05, 4.69) is 17.9 Å². The Morgan fingerprint density at radius 2 is 1.81 bits per heavy atom. The van der Waals surface area contributed by atoms with Crippen LogP contribution in [0, 0.1) is 12.8 Å². The molecule has 2 N–H and O–H groups in total. The van der Waals surface area contributed by atoms with Crippen LogP contribution in [0.3, 0.4) is 0 Å². The van der Waals surface area contributed by atoms with Gasteiger partial charge in [-0.15, -0.1) is 0 Å². The Labute approximate surface area is 216 Å². The zero-order valence-corrected chi connectivity index (χ0v) is 21.6. The van der Waals surface area contributed by atoms with Gasteiger partial charge in [-0.2, -0.15) is 13.2 Å². The van der Waals surface area contributed by atoms with Crippen LogP contribution in [0.2, 0.25) is 0 Å². The zero-order valence-electron chi connectivity index (χ0n) is 20.8. The van der Waals surface area contributed by atoms with E-state index in [9.17, 15) is 13.2 Å². The van der Waals surface area contributed by atoms with E-state index in [-0.39, 0.29) is 11.7 Å². The predicted molar refractivity (Wildman–Crippen MR) is 144 cm³/mol. The van der Waals surface area contributed by atoms with E-state index in [1.54, 1.807) is 17.9 Å². The average molecular weight is 515 g/mol. The van der Waals surface area contributed by atoms with Crippen LogP contribution in [0.15, 0.2) is 48.5 Å². The smallest absolute Gasteiger partial charge is 0.376 e. The van der Waals surface area contributed by atoms with E-state index in [0.717, 1.165) is 41.4 Å². The molecule has 1 saturated carbocycles. The minimum Gasteiger partial charge on any atom is -0.376 e. The molecule has 1 aliphatic carbocycles. The van der Waals surface area contributed by atoms with E-state index in [4.69, 9.17) is 22.9 Å². The van der Waals surface area contributed by atoms with Crippen molar-refractivity contribution in [3.05, 3.63) is 70.8 Å². The van der Waals surface area contributed by atoms with Crippen molar-refractivity contribution >= 4 is 34.1 Å². The van der Waals surface area contributed by atoms with Crippen LogP contribution in [0.25, 0.3) is 10.9 Å². The minimum absolute atomic E-state index is 0.142. The Balaban J connectivity index is 1.69. The SMILES string of the molecule is CCN(CC1CCCC1)c1nc2ccccc2cc1CN(Cc1cc(C)cc(C(F)(F)F)c1)C(N)=S. The second-order valence-corrected chi connectivity index (χ2v) is 10.2. The number of halogens is 3.